The lowest BCUT2D eigenvalue weighted by Crippen LogP contribution is -2.15. The standard InChI is InChI=1S/C19H21N3O2S/c1-14-4-7-17(8-5-14)13-22-11-10-19(20-22)21-25(23,24)18-9-6-15(2)12-16(18)3/h4-12H,13H2,1-3H3,(H,20,21). The largest absolute Gasteiger partial charge is 0.266 e. The SMILES string of the molecule is Cc1ccc(Cn2ccc(NS(=O)(=O)c3ccc(C)cc3C)n2)cc1. The molecule has 0 radical (unpaired) electrons. The predicted molar refractivity (Wildman–Crippen MR) is 99.2 cm³/mol. The van der Waals surface area contributed by atoms with Gasteiger partial charge >= 0.3 is 0 Å². The van der Waals surface area contributed by atoms with Crippen LogP contribution in [0.2, 0.25) is 0 Å². The molecule has 0 saturated carbocycles. The third-order valence-corrected chi connectivity index (χ3v) is 5.48. The van der Waals surface area contributed by atoms with E-state index in [1.54, 1.807) is 36.0 Å². The minimum absolute atomic E-state index is 0.270. The first-order valence-corrected chi connectivity index (χ1v) is 9.51. The quantitative estimate of drug-likeness (QED) is 0.760. The Hall–Kier alpha value is -2.60. The number of hydrogen-bond donors (Lipinski definition) is 1. The molecule has 3 aromatic rings. The van der Waals surface area contributed by atoms with Gasteiger partial charge in [0.1, 0.15) is 0 Å². The maximum Gasteiger partial charge on any atom is 0.263 e. The van der Waals surface area contributed by atoms with E-state index in [1.807, 2.05) is 44.2 Å². The third kappa shape index (κ3) is 4.09. The van der Waals surface area contributed by atoms with Crippen LogP contribution in [0, 0.1) is 20.8 Å². The first-order valence-electron chi connectivity index (χ1n) is 8.02. The molecule has 2 aromatic carbocycles. The van der Waals surface area contributed by atoms with Gasteiger partial charge in [0.25, 0.3) is 10.0 Å². The first kappa shape index (κ1) is 17.2. The van der Waals surface area contributed by atoms with Crippen molar-refractivity contribution in [1.82, 2.24) is 9.78 Å². The molecule has 1 heterocycles. The van der Waals surface area contributed by atoms with Crippen LogP contribution in [0.3, 0.4) is 0 Å². The number of nitrogens with zero attached hydrogens (tertiary/aromatic N) is 2. The molecule has 0 spiro atoms. The van der Waals surface area contributed by atoms with E-state index in [0.717, 1.165) is 11.1 Å². The van der Waals surface area contributed by atoms with E-state index in [9.17, 15) is 8.42 Å². The van der Waals surface area contributed by atoms with Crippen molar-refractivity contribution in [2.75, 3.05) is 4.72 Å². The Labute approximate surface area is 148 Å². The fraction of sp³-hybridized carbons (Fsp3) is 0.211. The number of hydrogen-bond acceptors (Lipinski definition) is 3. The molecule has 6 heteroatoms. The van der Waals surface area contributed by atoms with Crippen molar-refractivity contribution >= 4 is 15.8 Å². The average molecular weight is 355 g/mol. The molecule has 0 amide bonds. The van der Waals surface area contributed by atoms with Crippen molar-refractivity contribution in [2.24, 2.45) is 0 Å². The summed E-state index contributed by atoms with van der Waals surface area (Å²) in [5, 5.41) is 4.31. The molecule has 1 N–H and O–H groups in total. The maximum atomic E-state index is 12.6. The van der Waals surface area contributed by atoms with Gasteiger partial charge in [-0.2, -0.15) is 5.10 Å². The highest BCUT2D eigenvalue weighted by atomic mass is 32.2. The molecule has 0 fully saturated rings. The van der Waals surface area contributed by atoms with Gasteiger partial charge in [0.05, 0.1) is 11.4 Å². The Morgan fingerprint density at radius 2 is 1.64 bits per heavy atom. The summed E-state index contributed by atoms with van der Waals surface area (Å²) in [6.07, 6.45) is 1.76. The lowest BCUT2D eigenvalue weighted by molar-refractivity contribution is 0.600. The van der Waals surface area contributed by atoms with Gasteiger partial charge in [-0.3, -0.25) is 9.40 Å². The number of sulfonamides is 1. The van der Waals surface area contributed by atoms with Gasteiger partial charge in [-0.05, 0) is 38.0 Å². The van der Waals surface area contributed by atoms with Crippen LogP contribution in [0.4, 0.5) is 5.82 Å². The summed E-state index contributed by atoms with van der Waals surface area (Å²) in [5.41, 5.74) is 4.05. The summed E-state index contributed by atoms with van der Waals surface area (Å²) in [4.78, 5) is 0.270. The van der Waals surface area contributed by atoms with Crippen LogP contribution in [0.25, 0.3) is 0 Å². The second kappa shape index (κ2) is 6.72. The van der Waals surface area contributed by atoms with Gasteiger partial charge in [0, 0.05) is 12.3 Å². The van der Waals surface area contributed by atoms with E-state index >= 15 is 0 Å². The number of benzene rings is 2. The summed E-state index contributed by atoms with van der Waals surface area (Å²) in [6.45, 7) is 6.35. The van der Waals surface area contributed by atoms with Gasteiger partial charge in [-0.15, -0.1) is 0 Å². The minimum atomic E-state index is -3.65. The Kier molecular flexibility index (Phi) is 4.63. The monoisotopic (exact) mass is 355 g/mol. The van der Waals surface area contributed by atoms with E-state index in [-0.39, 0.29) is 4.90 Å². The van der Waals surface area contributed by atoms with Gasteiger partial charge in [-0.1, -0.05) is 47.5 Å². The minimum Gasteiger partial charge on any atom is -0.266 e. The average Bonchev–Trinajstić information content (AvgIpc) is 2.95. The Morgan fingerprint density at radius 3 is 2.32 bits per heavy atom. The van der Waals surface area contributed by atoms with Crippen LogP contribution in [-0.4, -0.2) is 18.2 Å². The van der Waals surface area contributed by atoms with Crippen LogP contribution in [0.5, 0.6) is 0 Å². The molecule has 1 aromatic heterocycles. The number of aryl methyl sites for hydroxylation is 3. The Bertz CT molecular complexity index is 990. The summed E-state index contributed by atoms with van der Waals surface area (Å²) in [5.74, 6) is 0.312. The molecule has 0 aliphatic rings. The lowest BCUT2D eigenvalue weighted by Gasteiger charge is -2.09. The molecule has 0 aliphatic heterocycles. The highest BCUT2D eigenvalue weighted by molar-refractivity contribution is 7.92. The van der Waals surface area contributed by atoms with Gasteiger partial charge < -0.3 is 0 Å². The zero-order valence-corrected chi connectivity index (χ0v) is 15.3. The molecule has 0 aliphatic carbocycles. The van der Waals surface area contributed by atoms with Crippen LogP contribution < -0.4 is 4.72 Å². The van der Waals surface area contributed by atoms with E-state index in [1.165, 1.54) is 5.56 Å². The highest BCUT2D eigenvalue weighted by Gasteiger charge is 2.18. The Morgan fingerprint density at radius 1 is 0.960 bits per heavy atom. The van der Waals surface area contributed by atoms with Crippen molar-refractivity contribution < 1.29 is 8.42 Å². The maximum absolute atomic E-state index is 12.6. The van der Waals surface area contributed by atoms with Crippen LogP contribution in [-0.2, 0) is 16.6 Å². The zero-order chi connectivity index (χ0) is 18.0. The molecular weight excluding hydrogens is 334 g/mol. The number of nitrogens with one attached hydrogen (secondary N) is 1. The molecule has 25 heavy (non-hydrogen) atoms. The topological polar surface area (TPSA) is 64.0 Å². The predicted octanol–water partition coefficient (Wildman–Crippen LogP) is 3.66. The van der Waals surface area contributed by atoms with Crippen LogP contribution in [0.1, 0.15) is 22.3 Å². The van der Waals surface area contributed by atoms with Crippen LogP contribution in [0.15, 0.2) is 59.6 Å². The molecular formula is C19H21N3O2S. The molecule has 0 bridgehead atoms. The molecule has 0 saturated heterocycles. The van der Waals surface area contributed by atoms with Crippen molar-refractivity contribution in [1.29, 1.82) is 0 Å². The molecule has 0 unspecified atom stereocenters. The fourth-order valence-corrected chi connectivity index (χ4v) is 3.90. The van der Waals surface area contributed by atoms with E-state index < -0.39 is 10.0 Å². The molecule has 3 rings (SSSR count). The van der Waals surface area contributed by atoms with Crippen molar-refractivity contribution in [3.05, 3.63) is 77.0 Å². The number of anilines is 1. The van der Waals surface area contributed by atoms with Gasteiger partial charge in [0.15, 0.2) is 5.82 Å². The summed E-state index contributed by atoms with van der Waals surface area (Å²) < 4.78 is 29.4. The first-order chi connectivity index (χ1) is 11.8. The van der Waals surface area contributed by atoms with E-state index in [4.69, 9.17) is 0 Å². The third-order valence-electron chi connectivity index (χ3n) is 3.96. The van der Waals surface area contributed by atoms with Gasteiger partial charge in [0.2, 0.25) is 0 Å². The highest BCUT2D eigenvalue weighted by Crippen LogP contribution is 2.19. The van der Waals surface area contributed by atoms with Crippen molar-refractivity contribution in [2.45, 2.75) is 32.2 Å². The summed E-state index contributed by atoms with van der Waals surface area (Å²) in [7, 11) is -3.65. The molecule has 0 atom stereocenters. The number of aromatic nitrogens is 2. The summed E-state index contributed by atoms with van der Waals surface area (Å²) >= 11 is 0. The van der Waals surface area contributed by atoms with E-state index in [0.29, 0.717) is 17.9 Å². The number of rotatable bonds is 5. The Balaban J connectivity index is 1.77. The van der Waals surface area contributed by atoms with Crippen LogP contribution >= 0.6 is 0 Å². The fourth-order valence-electron chi connectivity index (χ4n) is 2.68. The van der Waals surface area contributed by atoms with Gasteiger partial charge in [-0.25, -0.2) is 8.42 Å². The summed E-state index contributed by atoms with van der Waals surface area (Å²) in [6, 6.07) is 15.1. The lowest BCUT2D eigenvalue weighted by atomic mass is 10.1. The molecule has 130 valence electrons. The second-order valence-electron chi connectivity index (χ2n) is 6.26. The van der Waals surface area contributed by atoms with E-state index in [2.05, 4.69) is 9.82 Å². The zero-order valence-electron chi connectivity index (χ0n) is 14.5. The van der Waals surface area contributed by atoms with Crippen molar-refractivity contribution in [3.8, 4) is 0 Å². The second-order valence-corrected chi connectivity index (χ2v) is 7.91. The normalized spacial score (nSPS) is 11.5. The smallest absolute Gasteiger partial charge is 0.263 e. The van der Waals surface area contributed by atoms with Crippen molar-refractivity contribution in [3.63, 3.8) is 0 Å². The molecule has 5 nitrogen and oxygen atoms in total.